The number of nitriles is 1. The van der Waals surface area contributed by atoms with Gasteiger partial charge in [0.25, 0.3) is 0 Å². The van der Waals surface area contributed by atoms with Gasteiger partial charge in [0, 0.05) is 25.1 Å². The lowest BCUT2D eigenvalue weighted by atomic mass is 10.1. The second kappa shape index (κ2) is 3.83. The van der Waals surface area contributed by atoms with E-state index in [-0.39, 0.29) is 0 Å². The van der Waals surface area contributed by atoms with Crippen LogP contribution in [0.25, 0.3) is 0 Å². The van der Waals surface area contributed by atoms with Crippen LogP contribution in [0.15, 0.2) is 0 Å². The third kappa shape index (κ3) is 1.52. The average Bonchev–Trinajstić information content (AvgIpc) is 2.54. The summed E-state index contributed by atoms with van der Waals surface area (Å²) in [4.78, 5) is 4.54. The molecule has 0 radical (unpaired) electrons. The van der Waals surface area contributed by atoms with E-state index in [9.17, 15) is 0 Å². The molecule has 2 heterocycles. The summed E-state index contributed by atoms with van der Waals surface area (Å²) < 4.78 is 2.32. The van der Waals surface area contributed by atoms with Gasteiger partial charge in [-0.25, -0.2) is 4.98 Å². The van der Waals surface area contributed by atoms with Gasteiger partial charge in [0.15, 0.2) is 0 Å². The van der Waals surface area contributed by atoms with E-state index >= 15 is 0 Å². The Morgan fingerprint density at radius 3 is 3.14 bits per heavy atom. The van der Waals surface area contributed by atoms with Gasteiger partial charge < -0.3 is 4.57 Å². The van der Waals surface area contributed by atoms with Crippen LogP contribution >= 0.6 is 0 Å². The van der Waals surface area contributed by atoms with Crippen molar-refractivity contribution in [1.29, 1.82) is 5.26 Å². The third-order valence-corrected chi connectivity index (χ3v) is 2.87. The molecular weight excluding hydrogens is 174 g/mol. The lowest BCUT2D eigenvalue weighted by Crippen LogP contribution is -2.12. The SMILES string of the molecule is Cc1nc(CCC#N)c2n1CCCC2. The Balaban J connectivity index is 2.28. The molecule has 1 aromatic rings. The minimum Gasteiger partial charge on any atom is -0.332 e. The predicted molar refractivity (Wildman–Crippen MR) is 53.8 cm³/mol. The number of nitrogens with zero attached hydrogens (tertiary/aromatic N) is 3. The van der Waals surface area contributed by atoms with Crippen molar-refractivity contribution in [2.45, 2.75) is 45.6 Å². The number of hydrogen-bond donors (Lipinski definition) is 0. The molecule has 0 unspecified atom stereocenters. The Bertz CT molecular complexity index is 371. The maximum absolute atomic E-state index is 8.55. The number of rotatable bonds is 2. The number of aromatic nitrogens is 2. The molecule has 3 heteroatoms. The first-order valence-electron chi connectivity index (χ1n) is 5.24. The first-order chi connectivity index (χ1) is 6.83. The van der Waals surface area contributed by atoms with Crippen molar-refractivity contribution in [3.63, 3.8) is 0 Å². The van der Waals surface area contributed by atoms with Gasteiger partial charge in [0.1, 0.15) is 5.82 Å². The predicted octanol–water partition coefficient (Wildman–Crippen LogP) is 1.98. The Kier molecular flexibility index (Phi) is 2.53. The zero-order valence-corrected chi connectivity index (χ0v) is 8.58. The molecule has 0 aromatic carbocycles. The molecule has 14 heavy (non-hydrogen) atoms. The molecule has 1 aliphatic heterocycles. The standard InChI is InChI=1S/C11H15N3/c1-9-13-10(5-4-7-12)11-6-2-3-8-14(9)11/h2-6,8H2,1H3. The van der Waals surface area contributed by atoms with Gasteiger partial charge >= 0.3 is 0 Å². The highest BCUT2D eigenvalue weighted by molar-refractivity contribution is 5.19. The van der Waals surface area contributed by atoms with Gasteiger partial charge in [-0.05, 0) is 26.2 Å². The molecule has 0 atom stereocenters. The summed E-state index contributed by atoms with van der Waals surface area (Å²) in [5.74, 6) is 1.12. The molecule has 0 fully saturated rings. The summed E-state index contributed by atoms with van der Waals surface area (Å²) in [6, 6.07) is 2.18. The molecule has 0 spiro atoms. The maximum atomic E-state index is 8.55. The summed E-state index contributed by atoms with van der Waals surface area (Å²) in [5.41, 5.74) is 2.53. The van der Waals surface area contributed by atoms with Gasteiger partial charge in [-0.15, -0.1) is 0 Å². The van der Waals surface area contributed by atoms with Gasteiger partial charge in [-0.1, -0.05) is 0 Å². The quantitative estimate of drug-likeness (QED) is 0.713. The second-order valence-electron chi connectivity index (χ2n) is 3.82. The van der Waals surface area contributed by atoms with E-state index in [4.69, 9.17) is 5.26 Å². The highest BCUT2D eigenvalue weighted by Crippen LogP contribution is 2.21. The van der Waals surface area contributed by atoms with Gasteiger partial charge in [-0.2, -0.15) is 5.26 Å². The van der Waals surface area contributed by atoms with Crippen LogP contribution in [0.4, 0.5) is 0 Å². The lowest BCUT2D eigenvalue weighted by Gasteiger charge is -2.16. The van der Waals surface area contributed by atoms with Crippen molar-refractivity contribution >= 4 is 0 Å². The van der Waals surface area contributed by atoms with Gasteiger partial charge in [0.05, 0.1) is 11.8 Å². The van der Waals surface area contributed by atoms with Gasteiger partial charge in [-0.3, -0.25) is 0 Å². The topological polar surface area (TPSA) is 41.6 Å². The molecule has 1 aromatic heterocycles. The molecule has 1 aliphatic rings. The summed E-state index contributed by atoms with van der Waals surface area (Å²) in [7, 11) is 0. The largest absolute Gasteiger partial charge is 0.332 e. The first kappa shape index (κ1) is 9.26. The smallest absolute Gasteiger partial charge is 0.106 e. The zero-order chi connectivity index (χ0) is 9.97. The Morgan fingerprint density at radius 1 is 1.50 bits per heavy atom. The van der Waals surface area contributed by atoms with E-state index in [2.05, 4.69) is 22.5 Å². The molecule has 0 saturated carbocycles. The van der Waals surface area contributed by atoms with Crippen molar-refractivity contribution in [2.24, 2.45) is 0 Å². The summed E-state index contributed by atoms with van der Waals surface area (Å²) in [6.07, 6.45) is 5.08. The minimum atomic E-state index is 0.587. The normalized spacial score (nSPS) is 14.9. The highest BCUT2D eigenvalue weighted by atomic mass is 15.1. The summed E-state index contributed by atoms with van der Waals surface area (Å²) in [5, 5.41) is 8.55. The molecular formula is C11H15N3. The van der Waals surface area contributed by atoms with E-state index in [1.165, 1.54) is 18.5 Å². The van der Waals surface area contributed by atoms with Crippen LogP contribution in [0, 0.1) is 18.3 Å². The van der Waals surface area contributed by atoms with E-state index in [1.807, 2.05) is 0 Å². The van der Waals surface area contributed by atoms with E-state index < -0.39 is 0 Å². The van der Waals surface area contributed by atoms with Crippen molar-refractivity contribution < 1.29 is 0 Å². The van der Waals surface area contributed by atoms with Crippen LogP contribution in [-0.2, 0) is 19.4 Å². The van der Waals surface area contributed by atoms with Crippen LogP contribution in [0.1, 0.15) is 36.5 Å². The van der Waals surface area contributed by atoms with Crippen LogP contribution in [0.5, 0.6) is 0 Å². The monoisotopic (exact) mass is 189 g/mol. The molecule has 0 N–H and O–H groups in total. The summed E-state index contributed by atoms with van der Waals surface area (Å²) in [6.45, 7) is 3.17. The van der Waals surface area contributed by atoms with Crippen LogP contribution in [-0.4, -0.2) is 9.55 Å². The maximum Gasteiger partial charge on any atom is 0.106 e. The average molecular weight is 189 g/mol. The van der Waals surface area contributed by atoms with Crippen molar-refractivity contribution in [3.05, 3.63) is 17.2 Å². The summed E-state index contributed by atoms with van der Waals surface area (Å²) >= 11 is 0. The van der Waals surface area contributed by atoms with Crippen LogP contribution in [0.2, 0.25) is 0 Å². The van der Waals surface area contributed by atoms with Crippen molar-refractivity contribution in [3.8, 4) is 6.07 Å². The van der Waals surface area contributed by atoms with Crippen molar-refractivity contribution in [1.82, 2.24) is 9.55 Å². The van der Waals surface area contributed by atoms with E-state index in [0.29, 0.717) is 6.42 Å². The molecule has 0 saturated heterocycles. The van der Waals surface area contributed by atoms with Crippen LogP contribution in [0.3, 0.4) is 0 Å². The third-order valence-electron chi connectivity index (χ3n) is 2.87. The fraction of sp³-hybridized carbons (Fsp3) is 0.636. The Labute approximate surface area is 84.4 Å². The number of aryl methyl sites for hydroxylation is 2. The fourth-order valence-corrected chi connectivity index (χ4v) is 2.18. The molecule has 2 rings (SSSR count). The molecule has 0 bridgehead atoms. The van der Waals surface area contributed by atoms with E-state index in [0.717, 1.165) is 30.9 Å². The lowest BCUT2D eigenvalue weighted by molar-refractivity contribution is 0.520. The number of hydrogen-bond acceptors (Lipinski definition) is 2. The Morgan fingerprint density at radius 2 is 2.36 bits per heavy atom. The number of fused-ring (bicyclic) bond motifs is 1. The molecule has 74 valence electrons. The second-order valence-corrected chi connectivity index (χ2v) is 3.82. The Hall–Kier alpha value is -1.30. The minimum absolute atomic E-state index is 0.587. The highest BCUT2D eigenvalue weighted by Gasteiger charge is 2.16. The van der Waals surface area contributed by atoms with Gasteiger partial charge in [0.2, 0.25) is 0 Å². The fourth-order valence-electron chi connectivity index (χ4n) is 2.18. The molecule has 3 nitrogen and oxygen atoms in total. The van der Waals surface area contributed by atoms with E-state index in [1.54, 1.807) is 0 Å². The molecule has 0 aliphatic carbocycles. The van der Waals surface area contributed by atoms with Crippen molar-refractivity contribution in [2.75, 3.05) is 0 Å². The zero-order valence-electron chi connectivity index (χ0n) is 8.58. The molecule has 0 amide bonds. The first-order valence-corrected chi connectivity index (χ1v) is 5.24. The number of imidazole rings is 1. The van der Waals surface area contributed by atoms with Crippen LogP contribution < -0.4 is 0 Å².